The maximum atomic E-state index is 11.1. The molecule has 96 valence electrons. The van der Waals surface area contributed by atoms with Crippen molar-refractivity contribution in [2.45, 2.75) is 20.3 Å². The molecule has 0 aliphatic heterocycles. The molecule has 0 rings (SSSR count). The highest BCUT2D eigenvalue weighted by Crippen LogP contribution is 1.88. The zero-order valence-corrected chi connectivity index (χ0v) is 11.0. The van der Waals surface area contributed by atoms with Gasteiger partial charge in [-0.15, -0.1) is 0 Å². The second-order valence-corrected chi connectivity index (χ2v) is 3.64. The average Bonchev–Trinajstić information content (AvgIpc) is 2.24. The number of carbonyl (C=O) groups is 1. The highest BCUT2D eigenvalue weighted by molar-refractivity contribution is 5.97. The van der Waals surface area contributed by atoms with Gasteiger partial charge in [0.05, 0.1) is 0 Å². The molecule has 5 nitrogen and oxygen atoms in total. The fraction of sp³-hybridized carbons (Fsp3) is 0.667. The molecule has 0 aromatic rings. The van der Waals surface area contributed by atoms with Crippen molar-refractivity contribution < 1.29 is 9.53 Å². The molecular weight excluding hydrogens is 218 g/mol. The fourth-order valence-corrected chi connectivity index (χ4v) is 1.06. The van der Waals surface area contributed by atoms with E-state index in [4.69, 9.17) is 4.74 Å². The van der Waals surface area contributed by atoms with Crippen LogP contribution in [0.25, 0.3) is 0 Å². The minimum Gasteiger partial charge on any atom is -0.383 e. The van der Waals surface area contributed by atoms with Crippen LogP contribution in [0.4, 0.5) is 0 Å². The average molecular weight is 239 g/mol. The van der Waals surface area contributed by atoms with Crippen molar-refractivity contribution in [3.8, 4) is 11.8 Å². The van der Waals surface area contributed by atoms with E-state index < -0.39 is 5.97 Å². The summed E-state index contributed by atoms with van der Waals surface area (Å²) in [5, 5.41) is 2.89. The number of nitrogens with one attached hydrogen (secondary N) is 1. The maximum Gasteiger partial charge on any atom is 0.392 e. The molecule has 0 spiro atoms. The molecule has 0 saturated carbocycles. The fourth-order valence-electron chi connectivity index (χ4n) is 1.06. The molecule has 0 fully saturated rings. The van der Waals surface area contributed by atoms with Crippen LogP contribution in [0.1, 0.15) is 20.3 Å². The molecule has 0 radical (unpaired) electrons. The van der Waals surface area contributed by atoms with Gasteiger partial charge in [-0.05, 0) is 40.9 Å². The number of nitrogens with zero attached hydrogens (tertiary/aromatic N) is 2. The Hall–Kier alpha value is -1.54. The summed E-state index contributed by atoms with van der Waals surface area (Å²) in [7, 11) is 4.01. The molecule has 0 aliphatic carbocycles. The Kier molecular flexibility index (Phi) is 8.79. The molecule has 0 bridgehead atoms. The number of ether oxygens (including phenoxy) is 1. The van der Waals surface area contributed by atoms with E-state index in [0.717, 1.165) is 13.0 Å². The predicted molar refractivity (Wildman–Crippen MR) is 68.7 cm³/mol. The molecular formula is C12H21N3O2. The van der Waals surface area contributed by atoms with Gasteiger partial charge in [0.1, 0.15) is 0 Å². The van der Waals surface area contributed by atoms with Gasteiger partial charge in [-0.25, -0.2) is 9.79 Å². The van der Waals surface area contributed by atoms with Gasteiger partial charge >= 0.3 is 5.97 Å². The van der Waals surface area contributed by atoms with Crippen molar-refractivity contribution >= 4 is 12.0 Å². The van der Waals surface area contributed by atoms with E-state index in [1.54, 1.807) is 6.92 Å². The van der Waals surface area contributed by atoms with E-state index in [2.05, 4.69) is 27.0 Å². The Morgan fingerprint density at radius 3 is 2.71 bits per heavy atom. The highest BCUT2D eigenvalue weighted by atomic mass is 16.6. The summed E-state index contributed by atoms with van der Waals surface area (Å²) in [6.07, 6.45) is 0.916. The number of rotatable bonds is 5. The number of carbonyl (C=O) groups excluding carboxylic acids is 1. The summed E-state index contributed by atoms with van der Waals surface area (Å²) < 4.78 is 4.95. The molecule has 0 aromatic carbocycles. The molecule has 5 heteroatoms. The van der Waals surface area contributed by atoms with E-state index >= 15 is 0 Å². The van der Waals surface area contributed by atoms with E-state index in [1.165, 1.54) is 0 Å². The number of hydrogen-bond acceptors (Lipinski definition) is 4. The third kappa shape index (κ3) is 9.39. The van der Waals surface area contributed by atoms with Gasteiger partial charge in [-0.3, -0.25) is 0 Å². The summed E-state index contributed by atoms with van der Waals surface area (Å²) in [6.45, 7) is 5.72. The van der Waals surface area contributed by atoms with Crippen molar-refractivity contribution in [1.82, 2.24) is 10.2 Å². The van der Waals surface area contributed by atoms with Crippen LogP contribution < -0.4 is 5.32 Å². The van der Waals surface area contributed by atoms with Crippen molar-refractivity contribution in [3.05, 3.63) is 0 Å². The Labute approximate surface area is 103 Å². The minimum absolute atomic E-state index is 0.249. The van der Waals surface area contributed by atoms with Gasteiger partial charge in [0, 0.05) is 19.0 Å². The normalized spacial score (nSPS) is 10.8. The van der Waals surface area contributed by atoms with Crippen LogP contribution in [-0.2, 0) is 9.53 Å². The monoisotopic (exact) mass is 239 g/mol. The van der Waals surface area contributed by atoms with E-state index in [9.17, 15) is 4.79 Å². The van der Waals surface area contributed by atoms with Crippen LogP contribution >= 0.6 is 0 Å². The van der Waals surface area contributed by atoms with Crippen molar-refractivity contribution in [2.24, 2.45) is 4.99 Å². The SMILES string of the molecule is CC#CC(=O)O/C(=N/CCCN(C)C)NCC. The van der Waals surface area contributed by atoms with Gasteiger partial charge in [0.2, 0.25) is 0 Å². The number of aliphatic imine (C=N–C) groups is 1. The molecule has 0 saturated heterocycles. The third-order valence-corrected chi connectivity index (χ3v) is 1.76. The molecule has 0 amide bonds. The van der Waals surface area contributed by atoms with Gasteiger partial charge in [-0.1, -0.05) is 5.92 Å². The van der Waals surface area contributed by atoms with Gasteiger partial charge in [0.25, 0.3) is 6.02 Å². The molecule has 0 heterocycles. The second-order valence-electron chi connectivity index (χ2n) is 3.64. The van der Waals surface area contributed by atoms with Crippen LogP contribution in [0.5, 0.6) is 0 Å². The molecule has 0 unspecified atom stereocenters. The lowest BCUT2D eigenvalue weighted by Gasteiger charge is -2.08. The first-order valence-electron chi connectivity index (χ1n) is 5.67. The Morgan fingerprint density at radius 2 is 2.18 bits per heavy atom. The van der Waals surface area contributed by atoms with Gasteiger partial charge in [-0.2, -0.15) is 0 Å². The first kappa shape index (κ1) is 15.5. The molecule has 0 aromatic heterocycles. The first-order chi connectivity index (χ1) is 8.10. The summed E-state index contributed by atoms with van der Waals surface area (Å²) >= 11 is 0. The quantitative estimate of drug-likeness (QED) is 0.189. The largest absolute Gasteiger partial charge is 0.392 e. The maximum absolute atomic E-state index is 11.1. The molecule has 17 heavy (non-hydrogen) atoms. The Morgan fingerprint density at radius 1 is 1.47 bits per heavy atom. The summed E-state index contributed by atoms with van der Waals surface area (Å²) in [5.74, 6) is 4.20. The zero-order valence-electron chi connectivity index (χ0n) is 11.0. The number of esters is 1. The van der Waals surface area contributed by atoms with Crippen LogP contribution in [0.2, 0.25) is 0 Å². The lowest BCUT2D eigenvalue weighted by molar-refractivity contribution is -0.129. The summed E-state index contributed by atoms with van der Waals surface area (Å²) in [5.41, 5.74) is 0. The first-order valence-corrected chi connectivity index (χ1v) is 5.67. The summed E-state index contributed by atoms with van der Waals surface area (Å²) in [6, 6.07) is 0.249. The smallest absolute Gasteiger partial charge is 0.383 e. The van der Waals surface area contributed by atoms with Crippen molar-refractivity contribution in [3.63, 3.8) is 0 Å². The molecule has 0 atom stereocenters. The lowest BCUT2D eigenvalue weighted by atomic mass is 10.4. The molecule has 0 aliphatic rings. The second kappa shape index (κ2) is 9.67. The van der Waals surface area contributed by atoms with Crippen LogP contribution in [0, 0.1) is 11.8 Å². The number of hydrogen-bond donors (Lipinski definition) is 1. The van der Waals surface area contributed by atoms with Crippen molar-refractivity contribution in [2.75, 3.05) is 33.7 Å². The minimum atomic E-state index is -0.584. The van der Waals surface area contributed by atoms with Crippen LogP contribution in [0.3, 0.4) is 0 Å². The predicted octanol–water partition coefficient (Wildman–Crippen LogP) is 0.470. The zero-order chi connectivity index (χ0) is 13.1. The third-order valence-electron chi connectivity index (χ3n) is 1.76. The van der Waals surface area contributed by atoms with Gasteiger partial charge < -0.3 is 15.0 Å². The Balaban J connectivity index is 4.14. The van der Waals surface area contributed by atoms with Crippen molar-refractivity contribution in [1.29, 1.82) is 0 Å². The van der Waals surface area contributed by atoms with Crippen LogP contribution in [-0.4, -0.2) is 50.6 Å². The van der Waals surface area contributed by atoms with E-state index in [1.807, 2.05) is 21.0 Å². The Bertz CT molecular complexity index is 313. The highest BCUT2D eigenvalue weighted by Gasteiger charge is 2.04. The summed E-state index contributed by atoms with van der Waals surface area (Å²) in [4.78, 5) is 17.4. The van der Waals surface area contributed by atoms with E-state index in [0.29, 0.717) is 13.1 Å². The topological polar surface area (TPSA) is 53.9 Å². The molecule has 1 N–H and O–H groups in total. The standard InChI is InChI=1S/C12H21N3O2/c1-5-8-11(16)17-12(13-6-2)14-9-7-10-15(3)4/h6-7,9-10H2,1-4H3,(H,13,14). The van der Waals surface area contributed by atoms with Gasteiger partial charge in [0.15, 0.2) is 0 Å². The van der Waals surface area contributed by atoms with E-state index in [-0.39, 0.29) is 6.02 Å². The van der Waals surface area contributed by atoms with Crippen LogP contribution in [0.15, 0.2) is 4.99 Å². The number of amidine groups is 1. The lowest BCUT2D eigenvalue weighted by Crippen LogP contribution is -2.28.